The van der Waals surface area contributed by atoms with Crippen molar-refractivity contribution < 1.29 is 38.1 Å². The predicted molar refractivity (Wildman–Crippen MR) is 87.4 cm³/mol. The van der Waals surface area contributed by atoms with Gasteiger partial charge in [-0.15, -0.1) is 0 Å². The molecule has 0 aromatic heterocycles. The zero-order chi connectivity index (χ0) is 19.5. The van der Waals surface area contributed by atoms with Crippen LogP contribution in [0.25, 0.3) is 0 Å². The van der Waals surface area contributed by atoms with E-state index >= 15 is 0 Å². The first-order valence-electron chi connectivity index (χ1n) is 8.48. The molecule has 0 radical (unpaired) electrons. The third-order valence-corrected chi connectivity index (χ3v) is 3.69. The number of carbonyl (C=O) groups is 4. The van der Waals surface area contributed by atoms with E-state index in [9.17, 15) is 19.2 Å². The van der Waals surface area contributed by atoms with E-state index in [0.717, 1.165) is 0 Å². The van der Waals surface area contributed by atoms with Crippen molar-refractivity contribution in [1.82, 2.24) is 0 Å². The van der Waals surface area contributed by atoms with Crippen molar-refractivity contribution in [2.24, 2.45) is 11.3 Å². The van der Waals surface area contributed by atoms with Crippen LogP contribution in [-0.4, -0.2) is 50.3 Å². The lowest BCUT2D eigenvalue weighted by molar-refractivity contribution is -0.184. The molecule has 0 unspecified atom stereocenters. The second kappa shape index (κ2) is 11.4. The monoisotopic (exact) mass is 360 g/mol. The summed E-state index contributed by atoms with van der Waals surface area (Å²) < 4.78 is 19.8. The number of hydrogen-bond acceptors (Lipinski definition) is 8. The van der Waals surface area contributed by atoms with Crippen LogP contribution in [0.2, 0.25) is 0 Å². The Hall–Kier alpha value is -2.12. The summed E-state index contributed by atoms with van der Waals surface area (Å²) in [6.45, 7) is 8.06. The molecule has 0 amide bonds. The van der Waals surface area contributed by atoms with Crippen LogP contribution in [0.3, 0.4) is 0 Å². The molecule has 0 aliphatic rings. The zero-order valence-electron chi connectivity index (χ0n) is 15.6. The van der Waals surface area contributed by atoms with Gasteiger partial charge in [0.25, 0.3) is 0 Å². The Morgan fingerprint density at radius 2 is 1.20 bits per heavy atom. The summed E-state index contributed by atoms with van der Waals surface area (Å²) in [7, 11) is 0. The van der Waals surface area contributed by atoms with Crippen molar-refractivity contribution in [3.05, 3.63) is 0 Å². The Morgan fingerprint density at radius 1 is 0.760 bits per heavy atom. The summed E-state index contributed by atoms with van der Waals surface area (Å²) in [6.07, 6.45) is -0.515. The third kappa shape index (κ3) is 6.03. The molecule has 8 heteroatoms. The van der Waals surface area contributed by atoms with Crippen LogP contribution in [0.4, 0.5) is 0 Å². The first-order valence-corrected chi connectivity index (χ1v) is 8.48. The number of hydrogen-bond donors (Lipinski definition) is 0. The molecule has 0 heterocycles. The van der Waals surface area contributed by atoms with E-state index in [0.29, 0.717) is 0 Å². The highest BCUT2D eigenvalue weighted by molar-refractivity contribution is 6.04. The van der Waals surface area contributed by atoms with E-state index in [1.807, 2.05) is 0 Å². The minimum absolute atomic E-state index is 0.00887. The molecular weight excluding hydrogens is 332 g/mol. The van der Waals surface area contributed by atoms with Crippen molar-refractivity contribution in [2.75, 3.05) is 26.4 Å². The number of rotatable bonds is 11. The van der Waals surface area contributed by atoms with Gasteiger partial charge < -0.3 is 18.9 Å². The van der Waals surface area contributed by atoms with Crippen LogP contribution < -0.4 is 0 Å². The van der Waals surface area contributed by atoms with Gasteiger partial charge in [-0.05, 0) is 34.1 Å². The van der Waals surface area contributed by atoms with E-state index in [4.69, 9.17) is 18.9 Å². The smallest absolute Gasteiger partial charge is 0.324 e. The molecule has 0 bridgehead atoms. The van der Waals surface area contributed by atoms with Crippen molar-refractivity contribution in [3.8, 4) is 0 Å². The maximum atomic E-state index is 12.6. The summed E-state index contributed by atoms with van der Waals surface area (Å²) >= 11 is 0. The lowest BCUT2D eigenvalue weighted by Gasteiger charge is -2.32. The van der Waals surface area contributed by atoms with Gasteiger partial charge >= 0.3 is 23.9 Å². The molecule has 0 aliphatic carbocycles. The minimum Gasteiger partial charge on any atom is -0.466 e. The van der Waals surface area contributed by atoms with Crippen LogP contribution in [0.1, 0.15) is 47.5 Å². The quantitative estimate of drug-likeness (QED) is 0.311. The molecular formula is C17H28O8. The Bertz CT molecular complexity index is 453. The maximum Gasteiger partial charge on any atom is 0.324 e. The van der Waals surface area contributed by atoms with E-state index in [-0.39, 0.29) is 39.3 Å². The summed E-state index contributed by atoms with van der Waals surface area (Å²) in [6, 6.07) is 0. The topological polar surface area (TPSA) is 105 Å². The first kappa shape index (κ1) is 22.9. The third-order valence-electron chi connectivity index (χ3n) is 3.69. The molecule has 0 saturated carbocycles. The fourth-order valence-electron chi connectivity index (χ4n) is 2.38. The SMILES string of the molecule is CCOC(=O)CCC(C(=O)OCC)(C(=O)OCC)[C@H](C)C(=O)OCC. The molecule has 1 atom stereocenters. The number of carbonyl (C=O) groups excluding carboxylic acids is 4. The molecule has 0 fully saturated rings. The van der Waals surface area contributed by atoms with Crippen LogP contribution in [-0.2, 0) is 38.1 Å². The van der Waals surface area contributed by atoms with Gasteiger partial charge in [0.15, 0.2) is 5.41 Å². The molecule has 0 aromatic rings. The highest BCUT2D eigenvalue weighted by atomic mass is 16.6. The molecule has 0 aliphatic heterocycles. The molecule has 0 saturated heterocycles. The van der Waals surface area contributed by atoms with Gasteiger partial charge in [-0.1, -0.05) is 6.92 Å². The lowest BCUT2D eigenvalue weighted by Crippen LogP contribution is -2.50. The van der Waals surface area contributed by atoms with Crippen molar-refractivity contribution in [3.63, 3.8) is 0 Å². The summed E-state index contributed by atoms with van der Waals surface area (Å²) in [5.41, 5.74) is -1.97. The van der Waals surface area contributed by atoms with Gasteiger partial charge in [-0.3, -0.25) is 19.2 Å². The molecule has 0 rings (SSSR count). The van der Waals surface area contributed by atoms with Gasteiger partial charge in [0.1, 0.15) is 0 Å². The van der Waals surface area contributed by atoms with Gasteiger partial charge in [0, 0.05) is 6.42 Å². The largest absolute Gasteiger partial charge is 0.466 e. The van der Waals surface area contributed by atoms with E-state index in [1.165, 1.54) is 6.92 Å². The number of esters is 4. The van der Waals surface area contributed by atoms with Crippen molar-refractivity contribution in [2.45, 2.75) is 47.5 Å². The van der Waals surface area contributed by atoms with Crippen molar-refractivity contribution >= 4 is 23.9 Å². The zero-order valence-corrected chi connectivity index (χ0v) is 15.6. The minimum atomic E-state index is -1.97. The van der Waals surface area contributed by atoms with Gasteiger partial charge in [0.2, 0.25) is 0 Å². The summed E-state index contributed by atoms with van der Waals surface area (Å²) in [5, 5.41) is 0. The molecule has 25 heavy (non-hydrogen) atoms. The van der Waals surface area contributed by atoms with Crippen LogP contribution in [0.5, 0.6) is 0 Å². The van der Waals surface area contributed by atoms with Gasteiger partial charge in [-0.2, -0.15) is 0 Å². The van der Waals surface area contributed by atoms with E-state index in [2.05, 4.69) is 0 Å². The second-order valence-corrected chi connectivity index (χ2v) is 5.19. The van der Waals surface area contributed by atoms with E-state index in [1.54, 1.807) is 27.7 Å². The van der Waals surface area contributed by atoms with Gasteiger partial charge in [0.05, 0.1) is 32.3 Å². The van der Waals surface area contributed by atoms with Crippen LogP contribution >= 0.6 is 0 Å². The first-order chi connectivity index (χ1) is 11.8. The molecule has 0 spiro atoms. The van der Waals surface area contributed by atoms with Crippen LogP contribution in [0, 0.1) is 11.3 Å². The highest BCUT2D eigenvalue weighted by Crippen LogP contribution is 2.37. The standard InChI is InChI=1S/C17H28O8/c1-6-22-13(18)10-11-17(15(20)24-8-3,16(21)25-9-4)12(5)14(19)23-7-2/h12H,6-11H2,1-5H3/t12-/m1/s1. The molecule has 144 valence electrons. The Morgan fingerprint density at radius 3 is 1.60 bits per heavy atom. The van der Waals surface area contributed by atoms with Gasteiger partial charge in [-0.25, -0.2) is 0 Å². The Kier molecular flexibility index (Phi) is 10.5. The van der Waals surface area contributed by atoms with Crippen LogP contribution in [0.15, 0.2) is 0 Å². The Balaban J connectivity index is 5.86. The molecule has 8 nitrogen and oxygen atoms in total. The second-order valence-electron chi connectivity index (χ2n) is 5.19. The maximum absolute atomic E-state index is 12.6. The normalized spacial score (nSPS) is 12.0. The summed E-state index contributed by atoms with van der Waals surface area (Å²) in [5.74, 6) is -4.35. The number of ether oxygens (including phenoxy) is 4. The van der Waals surface area contributed by atoms with Crippen molar-refractivity contribution in [1.29, 1.82) is 0 Å². The Labute approximate surface area is 148 Å². The van der Waals surface area contributed by atoms with E-state index < -0.39 is 35.2 Å². The average Bonchev–Trinajstić information content (AvgIpc) is 2.56. The predicted octanol–water partition coefficient (Wildman–Crippen LogP) is 1.64. The summed E-state index contributed by atoms with van der Waals surface area (Å²) in [4.78, 5) is 49.2. The fraction of sp³-hybridized carbons (Fsp3) is 0.765. The molecule has 0 N–H and O–H groups in total. The fourth-order valence-corrected chi connectivity index (χ4v) is 2.38. The average molecular weight is 360 g/mol. The molecule has 0 aromatic carbocycles. The highest BCUT2D eigenvalue weighted by Gasteiger charge is 2.56. The lowest BCUT2D eigenvalue weighted by atomic mass is 9.72.